The maximum atomic E-state index is 3.57. The quantitative estimate of drug-likeness (QED) is 0.465. The van der Waals surface area contributed by atoms with Crippen molar-refractivity contribution in [2.45, 2.75) is 37.5 Å². The largest absolute Gasteiger partial charge is 0.356 e. The van der Waals surface area contributed by atoms with Crippen LogP contribution in [0.5, 0.6) is 0 Å². The molecule has 0 aliphatic heterocycles. The first-order valence-electron chi connectivity index (χ1n) is 11.0. The van der Waals surface area contributed by atoms with Crippen LogP contribution in [0, 0.1) is 11.8 Å². The average Bonchev–Trinajstić information content (AvgIpc) is 2.74. The van der Waals surface area contributed by atoms with Gasteiger partial charge in [-0.25, -0.2) is 0 Å². The molecule has 1 N–H and O–H groups in total. The minimum absolute atomic E-state index is 0.329. The third-order valence-electron chi connectivity index (χ3n) is 7.30. The second-order valence-electron chi connectivity index (χ2n) is 9.39. The van der Waals surface area contributed by atoms with Crippen molar-refractivity contribution >= 4 is 11.4 Å². The van der Waals surface area contributed by atoms with Gasteiger partial charge in [0.2, 0.25) is 0 Å². The maximum Gasteiger partial charge on any atom is 0.0384 e. The molecule has 4 bridgehead atoms. The lowest BCUT2D eigenvalue weighted by molar-refractivity contribution is 0.140. The van der Waals surface area contributed by atoms with Gasteiger partial charge < -0.3 is 5.32 Å². The maximum absolute atomic E-state index is 3.57. The first kappa shape index (κ1) is 17.1. The van der Waals surface area contributed by atoms with Crippen molar-refractivity contribution in [3.63, 3.8) is 0 Å². The van der Waals surface area contributed by atoms with E-state index in [2.05, 4.69) is 90.3 Å². The Bertz CT molecular complexity index is 1030. The lowest BCUT2D eigenvalue weighted by atomic mass is 9.52. The highest BCUT2D eigenvalue weighted by Crippen LogP contribution is 2.57. The molecule has 0 amide bonds. The summed E-state index contributed by atoms with van der Waals surface area (Å²) < 4.78 is 0. The first-order chi connectivity index (χ1) is 14.3. The molecule has 4 aliphatic rings. The second kappa shape index (κ2) is 6.62. The lowest BCUT2D eigenvalue weighted by Gasteiger charge is -2.52. The number of anilines is 2. The second-order valence-corrected chi connectivity index (χ2v) is 9.39. The Morgan fingerprint density at radius 1 is 0.655 bits per heavy atom. The standard InChI is InChI=1S/C28H27N/c1-2-4-23(5-3-1)24-6-10-26(11-7-24)29-27-12-8-25(9-13-27)28-17-20-14-21(18-28)16-22(15-20)19-28/h1-13,17,21-22,29H,14-16,18-19H2. The summed E-state index contributed by atoms with van der Waals surface area (Å²) in [6.07, 6.45) is 9.58. The summed E-state index contributed by atoms with van der Waals surface area (Å²) >= 11 is 0. The molecule has 0 spiro atoms. The van der Waals surface area contributed by atoms with Crippen molar-refractivity contribution in [2.24, 2.45) is 11.8 Å². The molecule has 2 atom stereocenters. The third-order valence-corrected chi connectivity index (χ3v) is 7.30. The summed E-state index contributed by atoms with van der Waals surface area (Å²) in [4.78, 5) is 0. The molecule has 3 aromatic carbocycles. The average molecular weight is 378 g/mol. The van der Waals surface area contributed by atoms with E-state index in [0.717, 1.165) is 17.5 Å². The summed E-state index contributed by atoms with van der Waals surface area (Å²) in [6.45, 7) is 0. The number of hydrogen-bond donors (Lipinski definition) is 1. The van der Waals surface area contributed by atoms with Crippen molar-refractivity contribution in [3.05, 3.63) is 96.1 Å². The molecule has 0 radical (unpaired) electrons. The number of hydrogen-bond acceptors (Lipinski definition) is 1. The molecule has 1 heteroatoms. The fraction of sp³-hybridized carbons (Fsp3) is 0.286. The Hall–Kier alpha value is -2.80. The Morgan fingerprint density at radius 2 is 1.24 bits per heavy atom. The van der Waals surface area contributed by atoms with Crippen molar-refractivity contribution in [3.8, 4) is 11.1 Å². The smallest absolute Gasteiger partial charge is 0.0384 e. The summed E-state index contributed by atoms with van der Waals surface area (Å²) in [7, 11) is 0. The van der Waals surface area contributed by atoms with E-state index in [1.54, 1.807) is 5.57 Å². The van der Waals surface area contributed by atoms with E-state index >= 15 is 0 Å². The van der Waals surface area contributed by atoms with E-state index in [0.29, 0.717) is 5.41 Å². The van der Waals surface area contributed by atoms with E-state index < -0.39 is 0 Å². The van der Waals surface area contributed by atoms with Gasteiger partial charge in [-0.15, -0.1) is 0 Å². The van der Waals surface area contributed by atoms with Gasteiger partial charge in [0.15, 0.2) is 0 Å². The minimum Gasteiger partial charge on any atom is -0.356 e. The molecule has 2 unspecified atom stereocenters. The molecule has 0 saturated heterocycles. The Morgan fingerprint density at radius 3 is 1.86 bits per heavy atom. The van der Waals surface area contributed by atoms with Crippen LogP contribution in [0.15, 0.2) is 90.5 Å². The zero-order chi connectivity index (χ0) is 19.3. The normalized spacial score (nSPS) is 27.0. The van der Waals surface area contributed by atoms with Crippen LogP contribution in [0.3, 0.4) is 0 Å². The molecule has 4 aliphatic carbocycles. The predicted molar refractivity (Wildman–Crippen MR) is 121 cm³/mol. The van der Waals surface area contributed by atoms with Gasteiger partial charge in [-0.3, -0.25) is 0 Å². The van der Waals surface area contributed by atoms with Crippen LogP contribution in [-0.2, 0) is 5.41 Å². The van der Waals surface area contributed by atoms with Crippen molar-refractivity contribution in [1.82, 2.24) is 0 Å². The van der Waals surface area contributed by atoms with Crippen LogP contribution >= 0.6 is 0 Å². The third kappa shape index (κ3) is 3.09. The summed E-state index contributed by atoms with van der Waals surface area (Å²) in [5.41, 5.74) is 8.40. The summed E-state index contributed by atoms with van der Waals surface area (Å²) in [5.74, 6) is 1.87. The van der Waals surface area contributed by atoms with E-state index in [-0.39, 0.29) is 0 Å². The van der Waals surface area contributed by atoms with Crippen molar-refractivity contribution in [1.29, 1.82) is 0 Å². The van der Waals surface area contributed by atoms with Gasteiger partial charge in [-0.2, -0.15) is 0 Å². The van der Waals surface area contributed by atoms with Crippen LogP contribution in [0.2, 0.25) is 0 Å². The van der Waals surface area contributed by atoms with Crippen LogP contribution in [0.25, 0.3) is 11.1 Å². The van der Waals surface area contributed by atoms with Crippen LogP contribution in [-0.4, -0.2) is 0 Å². The lowest BCUT2D eigenvalue weighted by Crippen LogP contribution is -2.42. The minimum atomic E-state index is 0.329. The molecule has 1 nitrogen and oxygen atoms in total. The fourth-order valence-corrected chi connectivity index (χ4v) is 6.26. The van der Waals surface area contributed by atoms with Gasteiger partial charge >= 0.3 is 0 Å². The Labute approximate surface area is 173 Å². The molecule has 7 rings (SSSR count). The van der Waals surface area contributed by atoms with Gasteiger partial charge in [-0.05, 0) is 84.9 Å². The van der Waals surface area contributed by atoms with E-state index in [1.807, 2.05) is 0 Å². The number of nitrogens with one attached hydrogen (secondary N) is 1. The van der Waals surface area contributed by atoms with Crippen LogP contribution in [0.4, 0.5) is 11.4 Å². The molecule has 0 aromatic heterocycles. The summed E-state index contributed by atoms with van der Waals surface area (Å²) in [5, 5.41) is 3.57. The molecular formula is C28H27N. The molecule has 144 valence electrons. The number of benzene rings is 3. The number of rotatable bonds is 4. The topological polar surface area (TPSA) is 12.0 Å². The van der Waals surface area contributed by atoms with Crippen molar-refractivity contribution in [2.75, 3.05) is 5.32 Å². The van der Waals surface area contributed by atoms with Gasteiger partial charge in [0, 0.05) is 16.8 Å². The van der Waals surface area contributed by atoms with Gasteiger partial charge in [0.25, 0.3) is 0 Å². The molecule has 0 heterocycles. The molecule has 3 aromatic rings. The Balaban J connectivity index is 1.20. The highest BCUT2D eigenvalue weighted by molar-refractivity contribution is 5.68. The highest BCUT2D eigenvalue weighted by Gasteiger charge is 2.47. The number of allylic oxidation sites excluding steroid dienone is 2. The highest BCUT2D eigenvalue weighted by atomic mass is 14.9. The first-order valence-corrected chi connectivity index (χ1v) is 11.0. The molecule has 29 heavy (non-hydrogen) atoms. The SMILES string of the molecule is C1=C2CC3CC(C2)CC1(c1ccc(Nc2ccc(-c4ccccc4)cc2)cc1)C3. The molecular weight excluding hydrogens is 350 g/mol. The zero-order valence-electron chi connectivity index (χ0n) is 16.8. The molecule has 2 saturated carbocycles. The molecule has 2 fully saturated rings. The zero-order valence-corrected chi connectivity index (χ0v) is 16.8. The van der Waals surface area contributed by atoms with E-state index in [4.69, 9.17) is 0 Å². The summed E-state index contributed by atoms with van der Waals surface area (Å²) in [6, 6.07) is 28.5. The van der Waals surface area contributed by atoms with Gasteiger partial charge in [0.05, 0.1) is 0 Å². The van der Waals surface area contributed by atoms with Crippen molar-refractivity contribution < 1.29 is 0 Å². The fourth-order valence-electron chi connectivity index (χ4n) is 6.26. The van der Waals surface area contributed by atoms with Crippen LogP contribution < -0.4 is 5.32 Å². The van der Waals surface area contributed by atoms with Gasteiger partial charge in [-0.1, -0.05) is 66.2 Å². The van der Waals surface area contributed by atoms with Crippen LogP contribution in [0.1, 0.15) is 37.7 Å². The Kier molecular flexibility index (Phi) is 3.90. The van der Waals surface area contributed by atoms with E-state index in [9.17, 15) is 0 Å². The monoisotopic (exact) mass is 377 g/mol. The van der Waals surface area contributed by atoms with Gasteiger partial charge in [0.1, 0.15) is 0 Å². The van der Waals surface area contributed by atoms with E-state index in [1.165, 1.54) is 54.5 Å². The predicted octanol–water partition coefficient (Wildman–Crippen LogP) is 7.49.